The zero-order chi connectivity index (χ0) is 11.1. The second-order valence-corrected chi connectivity index (χ2v) is 4.20. The molecule has 0 aromatic rings. The van der Waals surface area contributed by atoms with Gasteiger partial charge in [-0.25, -0.2) is 5.84 Å². The summed E-state index contributed by atoms with van der Waals surface area (Å²) in [6.07, 6.45) is 2.06. The molecule has 80 valence electrons. The molecule has 0 heterocycles. The van der Waals surface area contributed by atoms with Crippen molar-refractivity contribution in [3.8, 4) is 0 Å². The van der Waals surface area contributed by atoms with Gasteiger partial charge in [-0.15, -0.1) is 11.8 Å². The topological polar surface area (TPSA) is 55.1 Å². The van der Waals surface area contributed by atoms with E-state index in [0.29, 0.717) is 5.75 Å². The molecule has 0 bridgehead atoms. The largest absolute Gasteiger partial charge is 0.294 e. The van der Waals surface area contributed by atoms with E-state index < -0.39 is 0 Å². The lowest BCUT2D eigenvalue weighted by molar-refractivity contribution is -0.118. The molecule has 0 fully saturated rings. The highest BCUT2D eigenvalue weighted by Gasteiger charge is 2.03. The Morgan fingerprint density at radius 2 is 2.00 bits per heavy atom. The van der Waals surface area contributed by atoms with Crippen LogP contribution >= 0.6 is 11.8 Å². The van der Waals surface area contributed by atoms with Gasteiger partial charge in [0.1, 0.15) is 0 Å². The standard InChI is InChI=1S/C10H18N2OS/c1-5-7(2)8(3)9(4)14-6-10(13)12-11/h5H,6,11H2,1-4H3,(H,12,13)/b7-5+,9-8+. The molecule has 0 saturated carbocycles. The molecule has 0 saturated heterocycles. The molecule has 0 atom stereocenters. The zero-order valence-electron chi connectivity index (χ0n) is 9.18. The normalized spacial score (nSPS) is 13.6. The number of rotatable bonds is 4. The Kier molecular flexibility index (Phi) is 6.32. The van der Waals surface area contributed by atoms with E-state index in [2.05, 4.69) is 25.3 Å². The molecule has 0 aliphatic carbocycles. The summed E-state index contributed by atoms with van der Waals surface area (Å²) in [7, 11) is 0. The average molecular weight is 214 g/mol. The minimum absolute atomic E-state index is 0.153. The van der Waals surface area contributed by atoms with E-state index >= 15 is 0 Å². The van der Waals surface area contributed by atoms with Gasteiger partial charge >= 0.3 is 0 Å². The number of allylic oxidation sites excluding steroid dienone is 4. The van der Waals surface area contributed by atoms with Crippen LogP contribution in [0.5, 0.6) is 0 Å². The van der Waals surface area contributed by atoms with Crippen LogP contribution in [0.15, 0.2) is 22.1 Å². The van der Waals surface area contributed by atoms with E-state index in [1.165, 1.54) is 22.9 Å². The van der Waals surface area contributed by atoms with Gasteiger partial charge in [-0.2, -0.15) is 0 Å². The van der Waals surface area contributed by atoms with Crippen LogP contribution in [0.25, 0.3) is 0 Å². The third-order valence-electron chi connectivity index (χ3n) is 2.13. The van der Waals surface area contributed by atoms with Crippen molar-refractivity contribution in [2.24, 2.45) is 5.84 Å². The van der Waals surface area contributed by atoms with Crippen molar-refractivity contribution in [1.82, 2.24) is 5.43 Å². The highest BCUT2D eigenvalue weighted by Crippen LogP contribution is 2.23. The molecule has 0 aromatic heterocycles. The Labute approximate surface area is 89.8 Å². The molecule has 4 heteroatoms. The SMILES string of the molecule is C/C=C(C)/C(C)=C(\C)SCC(=O)NN. The summed E-state index contributed by atoms with van der Waals surface area (Å²) < 4.78 is 0. The van der Waals surface area contributed by atoms with Crippen molar-refractivity contribution in [3.63, 3.8) is 0 Å². The van der Waals surface area contributed by atoms with Gasteiger partial charge in [-0.05, 0) is 38.2 Å². The molecule has 0 rings (SSSR count). The van der Waals surface area contributed by atoms with Crippen LogP contribution in [-0.2, 0) is 4.79 Å². The fourth-order valence-corrected chi connectivity index (χ4v) is 1.63. The molecule has 14 heavy (non-hydrogen) atoms. The predicted octanol–water partition coefficient (Wildman–Crippen LogP) is 1.97. The van der Waals surface area contributed by atoms with Crippen LogP contribution in [0.2, 0.25) is 0 Å². The van der Waals surface area contributed by atoms with E-state index in [1.54, 1.807) is 0 Å². The zero-order valence-corrected chi connectivity index (χ0v) is 9.99. The summed E-state index contributed by atoms with van der Waals surface area (Å²) in [4.78, 5) is 12.0. The van der Waals surface area contributed by atoms with Gasteiger partial charge in [0, 0.05) is 0 Å². The maximum absolute atomic E-state index is 10.9. The molecule has 3 nitrogen and oxygen atoms in total. The lowest BCUT2D eigenvalue weighted by atomic mass is 10.1. The van der Waals surface area contributed by atoms with Crippen molar-refractivity contribution >= 4 is 17.7 Å². The Morgan fingerprint density at radius 1 is 1.43 bits per heavy atom. The molecular weight excluding hydrogens is 196 g/mol. The summed E-state index contributed by atoms with van der Waals surface area (Å²) in [6.45, 7) is 8.13. The number of hydrogen-bond donors (Lipinski definition) is 2. The summed E-state index contributed by atoms with van der Waals surface area (Å²) in [5.74, 6) is 5.20. The first-order valence-corrected chi connectivity index (χ1v) is 5.44. The first kappa shape index (κ1) is 13.3. The van der Waals surface area contributed by atoms with Crippen molar-refractivity contribution < 1.29 is 4.79 Å². The van der Waals surface area contributed by atoms with Crippen molar-refractivity contribution in [3.05, 3.63) is 22.1 Å². The fourth-order valence-electron chi connectivity index (χ4n) is 0.818. The van der Waals surface area contributed by atoms with Crippen LogP contribution in [0.1, 0.15) is 27.7 Å². The summed E-state index contributed by atoms with van der Waals surface area (Å²) in [6, 6.07) is 0. The van der Waals surface area contributed by atoms with E-state index in [0.717, 1.165) is 4.91 Å². The monoisotopic (exact) mass is 214 g/mol. The number of amides is 1. The number of nitrogens with one attached hydrogen (secondary N) is 1. The Bertz CT molecular complexity index is 269. The molecule has 0 radical (unpaired) electrons. The van der Waals surface area contributed by atoms with Gasteiger partial charge in [0.25, 0.3) is 0 Å². The average Bonchev–Trinajstić information content (AvgIpc) is 2.22. The molecule has 0 aromatic carbocycles. The predicted molar refractivity (Wildman–Crippen MR) is 62.6 cm³/mol. The number of nitrogens with two attached hydrogens (primary N) is 1. The maximum atomic E-state index is 10.9. The van der Waals surface area contributed by atoms with E-state index in [1.807, 2.05) is 13.8 Å². The van der Waals surface area contributed by atoms with Gasteiger partial charge in [-0.3, -0.25) is 10.2 Å². The minimum atomic E-state index is -0.153. The first-order chi connectivity index (χ1) is 6.52. The van der Waals surface area contributed by atoms with Gasteiger partial charge in [0.05, 0.1) is 5.75 Å². The fraction of sp³-hybridized carbons (Fsp3) is 0.500. The number of hydrogen-bond acceptors (Lipinski definition) is 3. The third-order valence-corrected chi connectivity index (χ3v) is 3.28. The van der Waals surface area contributed by atoms with E-state index in [9.17, 15) is 4.79 Å². The Morgan fingerprint density at radius 3 is 2.43 bits per heavy atom. The lowest BCUT2D eigenvalue weighted by Gasteiger charge is -2.07. The highest BCUT2D eigenvalue weighted by atomic mass is 32.2. The lowest BCUT2D eigenvalue weighted by Crippen LogP contribution is -2.31. The quantitative estimate of drug-likeness (QED) is 0.325. The van der Waals surface area contributed by atoms with Crippen molar-refractivity contribution in [2.75, 3.05) is 5.75 Å². The highest BCUT2D eigenvalue weighted by molar-refractivity contribution is 8.03. The molecular formula is C10H18N2OS. The smallest absolute Gasteiger partial charge is 0.244 e. The van der Waals surface area contributed by atoms with E-state index in [-0.39, 0.29) is 5.91 Å². The van der Waals surface area contributed by atoms with Crippen LogP contribution in [0.3, 0.4) is 0 Å². The number of carbonyl (C=O) groups is 1. The Balaban J connectivity index is 4.31. The molecule has 0 aliphatic heterocycles. The second kappa shape index (κ2) is 6.68. The van der Waals surface area contributed by atoms with Crippen LogP contribution in [-0.4, -0.2) is 11.7 Å². The molecule has 0 aliphatic rings. The number of carbonyl (C=O) groups excluding carboxylic acids is 1. The maximum Gasteiger partial charge on any atom is 0.244 e. The van der Waals surface area contributed by atoms with Crippen LogP contribution in [0, 0.1) is 0 Å². The first-order valence-electron chi connectivity index (χ1n) is 4.46. The molecule has 1 amide bonds. The van der Waals surface area contributed by atoms with Gasteiger partial charge in [-0.1, -0.05) is 11.6 Å². The van der Waals surface area contributed by atoms with Crippen molar-refractivity contribution in [2.45, 2.75) is 27.7 Å². The third kappa shape index (κ3) is 4.48. The summed E-state index contributed by atoms with van der Waals surface area (Å²) in [5, 5.41) is 0. The summed E-state index contributed by atoms with van der Waals surface area (Å²) in [5.41, 5.74) is 4.57. The molecule has 0 spiro atoms. The van der Waals surface area contributed by atoms with Crippen LogP contribution < -0.4 is 11.3 Å². The van der Waals surface area contributed by atoms with Crippen molar-refractivity contribution in [1.29, 1.82) is 0 Å². The molecule has 3 N–H and O–H groups in total. The Hall–Kier alpha value is -0.740. The van der Waals surface area contributed by atoms with Gasteiger partial charge < -0.3 is 0 Å². The number of hydrazine groups is 1. The van der Waals surface area contributed by atoms with E-state index in [4.69, 9.17) is 5.84 Å². The van der Waals surface area contributed by atoms with Gasteiger partial charge in [0.2, 0.25) is 5.91 Å². The summed E-state index contributed by atoms with van der Waals surface area (Å²) >= 11 is 1.51. The number of thioether (sulfide) groups is 1. The van der Waals surface area contributed by atoms with Crippen LogP contribution in [0.4, 0.5) is 0 Å². The minimum Gasteiger partial charge on any atom is -0.294 e. The van der Waals surface area contributed by atoms with Gasteiger partial charge in [0.15, 0.2) is 0 Å². The second-order valence-electron chi connectivity index (χ2n) is 3.01. The molecule has 0 unspecified atom stereocenters.